The van der Waals surface area contributed by atoms with Crippen LogP contribution in [0.3, 0.4) is 0 Å². The van der Waals surface area contributed by atoms with E-state index < -0.39 is 0 Å². The van der Waals surface area contributed by atoms with Crippen molar-refractivity contribution in [2.45, 2.75) is 63.7 Å². The van der Waals surface area contributed by atoms with Crippen LogP contribution in [0.25, 0.3) is 10.9 Å². The predicted octanol–water partition coefficient (Wildman–Crippen LogP) is 3.60. The van der Waals surface area contributed by atoms with E-state index in [1.165, 1.54) is 22.0 Å². The Kier molecular flexibility index (Phi) is 6.54. The standard InChI is InChI=1S/C29H38N6O/c1-19-14-20(11-12-30-19)28-25-15-21(9-10-26(25)32-33-28)29(36)31-23-6-5-13-35(18-23)17-22-16-34(2)27-8-4-3-7-24(22)27/h3-4,7-8,11-12,14,16,21,23,25-26,28,32-33H,5-6,9-10,13,15,17-18H2,1-2H3,(H,31,36)/t21?,23-,25?,26?,28?/m1/s1. The number of piperidine rings is 1. The van der Waals surface area contributed by atoms with Crippen molar-refractivity contribution in [3.05, 3.63) is 65.6 Å². The number of hydrazine groups is 1. The number of aromatic nitrogens is 2. The van der Waals surface area contributed by atoms with Crippen LogP contribution < -0.4 is 16.2 Å². The van der Waals surface area contributed by atoms with Crippen LogP contribution in [0.5, 0.6) is 0 Å². The molecule has 3 aromatic rings. The van der Waals surface area contributed by atoms with Crippen LogP contribution in [0.15, 0.2) is 48.8 Å². The molecule has 4 unspecified atom stereocenters. The first-order valence-corrected chi connectivity index (χ1v) is 13.5. The fourth-order valence-corrected chi connectivity index (χ4v) is 6.81. The van der Waals surface area contributed by atoms with Gasteiger partial charge in [0.1, 0.15) is 0 Å². The Morgan fingerprint density at radius 3 is 2.94 bits per heavy atom. The highest BCUT2D eigenvalue weighted by atomic mass is 16.2. The molecule has 0 spiro atoms. The van der Waals surface area contributed by atoms with E-state index in [2.05, 4.69) is 80.3 Å². The molecule has 3 N–H and O–H groups in total. The third-order valence-electron chi connectivity index (χ3n) is 8.63. The first-order chi connectivity index (χ1) is 17.5. The van der Waals surface area contributed by atoms with E-state index >= 15 is 0 Å². The molecule has 4 heterocycles. The zero-order valence-electron chi connectivity index (χ0n) is 21.4. The van der Waals surface area contributed by atoms with Crippen LogP contribution in [-0.2, 0) is 18.4 Å². The van der Waals surface area contributed by atoms with Crippen molar-refractivity contribution in [2.75, 3.05) is 13.1 Å². The van der Waals surface area contributed by atoms with Gasteiger partial charge in [0.25, 0.3) is 0 Å². The topological polar surface area (TPSA) is 74.2 Å². The van der Waals surface area contributed by atoms with Gasteiger partial charge >= 0.3 is 0 Å². The number of nitrogens with zero attached hydrogens (tertiary/aromatic N) is 3. The minimum atomic E-state index is 0.0897. The summed E-state index contributed by atoms with van der Waals surface area (Å²) in [4.78, 5) is 20.3. The van der Waals surface area contributed by atoms with Gasteiger partial charge in [-0.05, 0) is 80.8 Å². The highest BCUT2D eigenvalue weighted by molar-refractivity contribution is 5.83. The van der Waals surface area contributed by atoms with E-state index in [4.69, 9.17) is 0 Å². The van der Waals surface area contributed by atoms with Crippen molar-refractivity contribution < 1.29 is 4.79 Å². The van der Waals surface area contributed by atoms with Crippen molar-refractivity contribution in [3.8, 4) is 0 Å². The normalized spacial score (nSPS) is 28.8. The monoisotopic (exact) mass is 486 g/mol. The van der Waals surface area contributed by atoms with Crippen LogP contribution in [0.2, 0.25) is 0 Å². The summed E-state index contributed by atoms with van der Waals surface area (Å²) in [5, 5.41) is 4.79. The van der Waals surface area contributed by atoms with Crippen molar-refractivity contribution in [2.24, 2.45) is 18.9 Å². The van der Waals surface area contributed by atoms with Gasteiger partial charge in [-0.2, -0.15) is 0 Å². The molecule has 2 saturated heterocycles. The fraction of sp³-hybridized carbons (Fsp3) is 0.517. The van der Waals surface area contributed by atoms with Gasteiger partial charge < -0.3 is 9.88 Å². The molecule has 0 bridgehead atoms. The number of hydrogen-bond donors (Lipinski definition) is 3. The number of rotatable bonds is 5. The van der Waals surface area contributed by atoms with Gasteiger partial charge in [-0.1, -0.05) is 18.2 Å². The predicted molar refractivity (Wildman–Crippen MR) is 142 cm³/mol. The highest BCUT2D eigenvalue weighted by Gasteiger charge is 2.43. The molecule has 7 nitrogen and oxygen atoms in total. The maximum Gasteiger partial charge on any atom is 0.223 e. The fourth-order valence-electron chi connectivity index (χ4n) is 6.81. The number of hydrogen-bond acceptors (Lipinski definition) is 5. The van der Waals surface area contributed by atoms with Crippen molar-refractivity contribution in [3.63, 3.8) is 0 Å². The molecule has 3 aliphatic rings. The van der Waals surface area contributed by atoms with Crippen LogP contribution in [0.4, 0.5) is 0 Å². The van der Waals surface area contributed by atoms with E-state index in [9.17, 15) is 4.79 Å². The number of nitrogens with one attached hydrogen (secondary N) is 3. The molecule has 2 aromatic heterocycles. The summed E-state index contributed by atoms with van der Waals surface area (Å²) in [5.41, 5.74) is 12.0. The molecule has 0 radical (unpaired) electrons. The van der Waals surface area contributed by atoms with Crippen LogP contribution in [0, 0.1) is 18.8 Å². The second-order valence-electron chi connectivity index (χ2n) is 11.1. The molecule has 5 atom stereocenters. The molecular weight excluding hydrogens is 448 g/mol. The lowest BCUT2D eigenvalue weighted by Crippen LogP contribution is -2.50. The number of amides is 1. The molecule has 2 aliphatic heterocycles. The van der Waals surface area contributed by atoms with Gasteiger partial charge in [0.2, 0.25) is 5.91 Å². The maximum absolute atomic E-state index is 13.4. The largest absolute Gasteiger partial charge is 0.352 e. The first kappa shape index (κ1) is 23.6. The summed E-state index contributed by atoms with van der Waals surface area (Å²) in [6, 6.07) is 13.8. The Morgan fingerprint density at radius 1 is 1.17 bits per heavy atom. The lowest BCUT2D eigenvalue weighted by atomic mass is 9.74. The summed E-state index contributed by atoms with van der Waals surface area (Å²) in [6.45, 7) is 4.99. The quantitative estimate of drug-likeness (QED) is 0.514. The average molecular weight is 487 g/mol. The van der Waals surface area contributed by atoms with Crippen molar-refractivity contribution >= 4 is 16.8 Å². The Labute approximate surface area is 213 Å². The van der Waals surface area contributed by atoms with Gasteiger partial charge in [0, 0.05) is 67.1 Å². The van der Waals surface area contributed by atoms with Gasteiger partial charge in [-0.15, -0.1) is 0 Å². The van der Waals surface area contributed by atoms with Crippen molar-refractivity contribution in [1.82, 2.24) is 30.6 Å². The number of benzene rings is 1. The second kappa shape index (κ2) is 9.96. The van der Waals surface area contributed by atoms with Crippen LogP contribution in [0.1, 0.15) is 55.0 Å². The zero-order valence-corrected chi connectivity index (χ0v) is 21.4. The molecule has 6 rings (SSSR count). The molecule has 1 amide bonds. The Morgan fingerprint density at radius 2 is 2.06 bits per heavy atom. The highest BCUT2D eigenvalue weighted by Crippen LogP contribution is 2.40. The van der Waals surface area contributed by atoms with E-state index in [0.717, 1.165) is 57.4 Å². The number of carbonyl (C=O) groups excluding carboxylic acids is 1. The van der Waals surface area contributed by atoms with Gasteiger partial charge in [-0.3, -0.25) is 20.1 Å². The first-order valence-electron chi connectivity index (χ1n) is 13.5. The Hall–Kier alpha value is -2.74. The number of para-hydroxylation sites is 1. The molecule has 1 aromatic carbocycles. The van der Waals surface area contributed by atoms with Gasteiger partial charge in [-0.25, -0.2) is 5.43 Å². The van der Waals surface area contributed by atoms with Gasteiger partial charge in [0.15, 0.2) is 0 Å². The van der Waals surface area contributed by atoms with E-state index in [-0.39, 0.29) is 23.9 Å². The molecule has 36 heavy (non-hydrogen) atoms. The molecule has 3 fully saturated rings. The number of pyridine rings is 1. The van der Waals surface area contributed by atoms with E-state index in [1.54, 1.807) is 0 Å². The molecule has 1 saturated carbocycles. The lowest BCUT2D eigenvalue weighted by molar-refractivity contribution is -0.127. The number of carbonyl (C=O) groups is 1. The molecule has 1 aliphatic carbocycles. The third kappa shape index (κ3) is 4.67. The zero-order chi connectivity index (χ0) is 24.6. The molecule has 7 heteroatoms. The summed E-state index contributed by atoms with van der Waals surface area (Å²) < 4.78 is 2.22. The minimum Gasteiger partial charge on any atom is -0.352 e. The van der Waals surface area contributed by atoms with Crippen LogP contribution in [-0.4, -0.2) is 45.5 Å². The third-order valence-corrected chi connectivity index (χ3v) is 8.63. The van der Waals surface area contributed by atoms with E-state index in [1.807, 2.05) is 13.1 Å². The smallest absolute Gasteiger partial charge is 0.223 e. The maximum atomic E-state index is 13.4. The Bertz CT molecular complexity index is 1240. The number of likely N-dealkylation sites (tertiary alicyclic amines) is 1. The summed E-state index contributed by atoms with van der Waals surface area (Å²) >= 11 is 0. The van der Waals surface area contributed by atoms with E-state index in [0.29, 0.717) is 12.0 Å². The Balaban J connectivity index is 1.08. The SMILES string of the molecule is Cc1cc(C2NNC3CCC(C(=O)N[C@@H]4CCCN(Cc5cn(C)c6ccccc56)C4)CC32)ccn1. The average Bonchev–Trinajstić information content (AvgIpc) is 3.45. The summed E-state index contributed by atoms with van der Waals surface area (Å²) in [7, 11) is 2.12. The second-order valence-corrected chi connectivity index (χ2v) is 11.1. The summed E-state index contributed by atoms with van der Waals surface area (Å²) in [6.07, 6.45) is 9.26. The molecule has 190 valence electrons. The summed E-state index contributed by atoms with van der Waals surface area (Å²) in [5.74, 6) is 0.763. The molecular formula is C29H38N6O. The lowest BCUT2D eigenvalue weighted by Gasteiger charge is -2.36. The van der Waals surface area contributed by atoms with Crippen LogP contribution >= 0.6 is 0 Å². The number of aryl methyl sites for hydroxylation is 2. The van der Waals surface area contributed by atoms with Gasteiger partial charge in [0.05, 0.1) is 6.04 Å². The number of fused-ring (bicyclic) bond motifs is 2. The minimum absolute atomic E-state index is 0.0897. The van der Waals surface area contributed by atoms with Crippen molar-refractivity contribution in [1.29, 1.82) is 0 Å².